The van der Waals surface area contributed by atoms with Gasteiger partial charge in [-0.15, -0.1) is 0 Å². The Labute approximate surface area is 166 Å². The van der Waals surface area contributed by atoms with Crippen molar-refractivity contribution in [3.63, 3.8) is 0 Å². The molecule has 1 aliphatic heterocycles. The summed E-state index contributed by atoms with van der Waals surface area (Å²) in [5.74, 6) is 2.32. The molecule has 0 bridgehead atoms. The second-order valence-corrected chi connectivity index (χ2v) is 8.58. The van der Waals surface area contributed by atoms with E-state index in [2.05, 4.69) is 28.9 Å². The minimum absolute atomic E-state index is 0.304. The molecule has 4 rings (SSSR count). The molecule has 0 amide bonds. The van der Waals surface area contributed by atoms with E-state index in [1.807, 2.05) is 25.3 Å². The van der Waals surface area contributed by atoms with Crippen molar-refractivity contribution in [2.45, 2.75) is 70.1 Å². The first kappa shape index (κ1) is 19.0. The van der Waals surface area contributed by atoms with Crippen molar-refractivity contribution in [1.29, 1.82) is 0 Å². The topological polar surface area (TPSA) is 38.5 Å². The molecule has 1 aromatic carbocycles. The highest BCUT2D eigenvalue weighted by atomic mass is 35.5. The monoisotopic (exact) mass is 388 g/mol. The largest absolute Gasteiger partial charge is 0.446 e. The van der Waals surface area contributed by atoms with Gasteiger partial charge in [0.25, 0.3) is 0 Å². The van der Waals surface area contributed by atoms with Gasteiger partial charge in [-0.25, -0.2) is 4.98 Å². The van der Waals surface area contributed by atoms with Crippen LogP contribution in [0.1, 0.15) is 55.7 Å². The minimum Gasteiger partial charge on any atom is -0.446 e. The van der Waals surface area contributed by atoms with Gasteiger partial charge in [0.2, 0.25) is 0 Å². The molecule has 1 aromatic heterocycles. The molecule has 1 saturated carbocycles. The smallest absolute Gasteiger partial charge is 0.197 e. The Morgan fingerprint density at radius 3 is 2.56 bits per heavy atom. The Bertz CT molecular complexity index is 737. The highest BCUT2D eigenvalue weighted by Gasteiger charge is 2.35. The van der Waals surface area contributed by atoms with E-state index >= 15 is 0 Å². The summed E-state index contributed by atoms with van der Waals surface area (Å²) in [6, 6.07) is 9.31. The van der Waals surface area contributed by atoms with Gasteiger partial charge in [-0.2, -0.15) is 0 Å². The van der Waals surface area contributed by atoms with Crippen LogP contribution in [-0.4, -0.2) is 41.2 Å². The Kier molecular flexibility index (Phi) is 5.86. The number of hydrogen-bond donors (Lipinski definition) is 0. The van der Waals surface area contributed by atoms with E-state index in [1.54, 1.807) is 0 Å². The van der Waals surface area contributed by atoms with Gasteiger partial charge in [-0.1, -0.05) is 23.7 Å². The molecule has 5 heteroatoms. The van der Waals surface area contributed by atoms with Gasteiger partial charge in [0, 0.05) is 29.6 Å². The fourth-order valence-electron chi connectivity index (χ4n) is 4.60. The maximum Gasteiger partial charge on any atom is 0.197 e. The van der Waals surface area contributed by atoms with Crippen LogP contribution in [0.3, 0.4) is 0 Å². The van der Waals surface area contributed by atoms with Crippen molar-refractivity contribution in [2.75, 3.05) is 13.2 Å². The number of aryl methyl sites for hydroxylation is 1. The molecule has 1 unspecified atom stereocenters. The SMILES string of the molecule is Cc1cnc(C2CCC(N3CC(C)OC[C@@H]3Cc3ccc(Cl)cc3)CC2)o1. The first-order valence-corrected chi connectivity index (χ1v) is 10.5. The molecule has 2 heterocycles. The second-order valence-electron chi connectivity index (χ2n) is 8.14. The fraction of sp³-hybridized carbons (Fsp3) is 0.591. The molecule has 4 nitrogen and oxygen atoms in total. The lowest BCUT2D eigenvalue weighted by Gasteiger charge is -2.45. The van der Waals surface area contributed by atoms with Crippen molar-refractivity contribution >= 4 is 11.6 Å². The quantitative estimate of drug-likeness (QED) is 0.739. The molecule has 0 radical (unpaired) electrons. The highest BCUT2D eigenvalue weighted by molar-refractivity contribution is 6.30. The predicted octanol–water partition coefficient (Wildman–Crippen LogP) is 4.99. The first-order chi connectivity index (χ1) is 13.1. The van der Waals surface area contributed by atoms with Crippen LogP contribution >= 0.6 is 11.6 Å². The van der Waals surface area contributed by atoms with Crippen molar-refractivity contribution in [3.8, 4) is 0 Å². The van der Waals surface area contributed by atoms with Crippen LogP contribution in [0.25, 0.3) is 0 Å². The van der Waals surface area contributed by atoms with Crippen LogP contribution in [0.15, 0.2) is 34.9 Å². The number of ether oxygens (including phenoxy) is 1. The van der Waals surface area contributed by atoms with Crippen LogP contribution in [0, 0.1) is 6.92 Å². The number of aromatic nitrogens is 1. The zero-order valence-corrected chi connectivity index (χ0v) is 17.0. The number of hydrogen-bond acceptors (Lipinski definition) is 4. The molecule has 2 aromatic rings. The van der Waals surface area contributed by atoms with Crippen LogP contribution in [0.2, 0.25) is 5.02 Å². The summed E-state index contributed by atoms with van der Waals surface area (Å²) in [6.45, 7) is 5.99. The van der Waals surface area contributed by atoms with Gasteiger partial charge in [0.1, 0.15) is 5.76 Å². The molecule has 2 aliphatic rings. The normalized spacial score (nSPS) is 29.7. The summed E-state index contributed by atoms with van der Waals surface area (Å²) in [5, 5.41) is 0.796. The van der Waals surface area contributed by atoms with Gasteiger partial charge in [0.05, 0.1) is 18.9 Å². The average molecular weight is 389 g/mol. The number of morpholine rings is 1. The third kappa shape index (κ3) is 4.56. The van der Waals surface area contributed by atoms with Crippen molar-refractivity contribution < 1.29 is 9.15 Å². The van der Waals surface area contributed by atoms with E-state index in [0.717, 1.165) is 49.1 Å². The van der Waals surface area contributed by atoms with Crippen LogP contribution in [0.4, 0.5) is 0 Å². The Morgan fingerprint density at radius 2 is 1.89 bits per heavy atom. The van der Waals surface area contributed by atoms with Gasteiger partial charge < -0.3 is 9.15 Å². The molecular formula is C22H29ClN2O2. The minimum atomic E-state index is 0.304. The summed E-state index contributed by atoms with van der Waals surface area (Å²) in [6.07, 6.45) is 7.88. The van der Waals surface area contributed by atoms with Crippen LogP contribution < -0.4 is 0 Å². The van der Waals surface area contributed by atoms with Gasteiger partial charge in [-0.05, 0) is 63.6 Å². The lowest BCUT2D eigenvalue weighted by molar-refractivity contribution is -0.0771. The highest BCUT2D eigenvalue weighted by Crippen LogP contribution is 2.36. The van der Waals surface area contributed by atoms with Crippen molar-refractivity contribution in [2.24, 2.45) is 0 Å². The Morgan fingerprint density at radius 1 is 1.15 bits per heavy atom. The summed E-state index contributed by atoms with van der Waals surface area (Å²) in [4.78, 5) is 7.16. The second kappa shape index (κ2) is 8.34. The molecule has 0 N–H and O–H groups in total. The Balaban J connectivity index is 1.41. The Hall–Kier alpha value is -1.36. The van der Waals surface area contributed by atoms with Crippen LogP contribution in [-0.2, 0) is 11.2 Å². The lowest BCUT2D eigenvalue weighted by Crippen LogP contribution is -2.54. The molecule has 146 valence electrons. The maximum atomic E-state index is 6.04. The molecule has 1 saturated heterocycles. The average Bonchev–Trinajstić information content (AvgIpc) is 3.11. The van der Waals surface area contributed by atoms with Gasteiger partial charge in [0.15, 0.2) is 5.89 Å². The summed E-state index contributed by atoms with van der Waals surface area (Å²) in [7, 11) is 0. The fourth-order valence-corrected chi connectivity index (χ4v) is 4.73. The number of rotatable bonds is 4. The predicted molar refractivity (Wildman–Crippen MR) is 107 cm³/mol. The number of nitrogens with zero attached hydrogens (tertiary/aromatic N) is 2. The third-order valence-electron chi connectivity index (χ3n) is 6.05. The molecule has 1 aliphatic carbocycles. The summed E-state index contributed by atoms with van der Waals surface area (Å²) >= 11 is 6.04. The van der Waals surface area contributed by atoms with E-state index < -0.39 is 0 Å². The summed E-state index contributed by atoms with van der Waals surface area (Å²) in [5.41, 5.74) is 1.33. The van der Waals surface area contributed by atoms with E-state index in [-0.39, 0.29) is 0 Å². The number of benzene rings is 1. The van der Waals surface area contributed by atoms with E-state index in [1.165, 1.54) is 18.4 Å². The number of oxazole rings is 1. The third-order valence-corrected chi connectivity index (χ3v) is 6.30. The molecular weight excluding hydrogens is 360 g/mol. The zero-order chi connectivity index (χ0) is 18.8. The number of halogens is 1. The van der Waals surface area contributed by atoms with E-state index in [0.29, 0.717) is 24.1 Å². The standard InChI is InChI=1S/C22H29ClN2O2/c1-15-12-24-22(27-15)18-5-9-20(10-6-18)25-13-16(2)26-14-21(25)11-17-3-7-19(23)8-4-17/h3-4,7-8,12,16,18,20-21H,5-6,9-11,13-14H2,1-2H3/t16?,18?,20?,21-/m0/s1. The molecule has 27 heavy (non-hydrogen) atoms. The van der Waals surface area contributed by atoms with Gasteiger partial charge in [-0.3, -0.25) is 4.90 Å². The lowest BCUT2D eigenvalue weighted by atomic mass is 9.84. The van der Waals surface area contributed by atoms with Crippen molar-refractivity contribution in [1.82, 2.24) is 9.88 Å². The molecule has 0 spiro atoms. The zero-order valence-electron chi connectivity index (χ0n) is 16.2. The maximum absolute atomic E-state index is 6.04. The van der Waals surface area contributed by atoms with Gasteiger partial charge >= 0.3 is 0 Å². The van der Waals surface area contributed by atoms with E-state index in [4.69, 9.17) is 20.8 Å². The molecule has 2 fully saturated rings. The molecule has 2 atom stereocenters. The van der Waals surface area contributed by atoms with Crippen molar-refractivity contribution in [3.05, 3.63) is 52.7 Å². The first-order valence-electron chi connectivity index (χ1n) is 10.1. The van der Waals surface area contributed by atoms with Crippen LogP contribution in [0.5, 0.6) is 0 Å². The summed E-state index contributed by atoms with van der Waals surface area (Å²) < 4.78 is 11.8. The van der Waals surface area contributed by atoms with E-state index in [9.17, 15) is 0 Å².